The van der Waals surface area contributed by atoms with Crippen LogP contribution in [0.5, 0.6) is 5.75 Å². The van der Waals surface area contributed by atoms with Gasteiger partial charge >= 0.3 is 6.36 Å². The van der Waals surface area contributed by atoms with Crippen molar-refractivity contribution in [2.24, 2.45) is 9.98 Å². The zero-order valence-corrected chi connectivity index (χ0v) is 21.7. The number of nitrogens with zero attached hydrogens (tertiary/aromatic N) is 3. The molecule has 38 heavy (non-hydrogen) atoms. The minimum atomic E-state index is -4.76. The number of aryl methyl sites for hydroxylation is 2. The summed E-state index contributed by atoms with van der Waals surface area (Å²) in [6.07, 6.45) is -1.54. The Kier molecular flexibility index (Phi) is 8.24. The molecule has 3 aromatic carbocycles. The molecule has 1 fully saturated rings. The van der Waals surface area contributed by atoms with E-state index < -0.39 is 6.36 Å². The maximum atomic E-state index is 12.6. The van der Waals surface area contributed by atoms with Crippen molar-refractivity contribution in [2.75, 3.05) is 17.6 Å². The Bertz CT molecular complexity index is 1300. The molecule has 0 bridgehead atoms. The van der Waals surface area contributed by atoms with Gasteiger partial charge in [0, 0.05) is 29.5 Å². The van der Waals surface area contributed by atoms with Gasteiger partial charge < -0.3 is 20.7 Å². The van der Waals surface area contributed by atoms with Gasteiger partial charge in [-0.1, -0.05) is 24.3 Å². The second-order valence-corrected chi connectivity index (χ2v) is 9.47. The van der Waals surface area contributed by atoms with E-state index in [0.717, 1.165) is 48.2 Å². The maximum Gasteiger partial charge on any atom is 0.573 e. The Morgan fingerprint density at radius 2 is 1.68 bits per heavy atom. The number of guanidine groups is 1. The van der Waals surface area contributed by atoms with Crippen molar-refractivity contribution in [2.45, 2.75) is 52.4 Å². The molecule has 0 saturated carbocycles. The highest BCUT2D eigenvalue weighted by Gasteiger charge is 2.31. The fraction of sp³-hybridized carbons (Fsp3) is 0.310. The zero-order chi connectivity index (χ0) is 27.3. The minimum Gasteiger partial charge on any atom is -0.406 e. The summed E-state index contributed by atoms with van der Waals surface area (Å²) in [7, 11) is 0. The van der Waals surface area contributed by atoms with Crippen LogP contribution in [0.15, 0.2) is 76.7 Å². The van der Waals surface area contributed by atoms with Crippen LogP contribution in [-0.2, 0) is 0 Å². The van der Waals surface area contributed by atoms with Gasteiger partial charge in [-0.25, -0.2) is 4.99 Å². The van der Waals surface area contributed by atoms with Crippen LogP contribution < -0.4 is 15.8 Å². The number of hydrogen-bond donors (Lipinski definition) is 2. The largest absolute Gasteiger partial charge is 0.573 e. The first-order chi connectivity index (χ1) is 18.1. The molecule has 1 saturated heterocycles. The Morgan fingerprint density at radius 3 is 2.32 bits per heavy atom. The van der Waals surface area contributed by atoms with E-state index in [9.17, 15) is 13.2 Å². The molecule has 1 heterocycles. The topological polar surface area (TPSA) is 75.2 Å². The predicted octanol–water partition coefficient (Wildman–Crippen LogP) is 7.21. The number of nitrogens with one attached hydrogen (secondary N) is 1. The zero-order valence-electron chi connectivity index (χ0n) is 21.7. The quantitative estimate of drug-likeness (QED) is 0.215. The lowest BCUT2D eigenvalue weighted by Crippen LogP contribution is -2.45. The van der Waals surface area contributed by atoms with Crippen molar-refractivity contribution in [3.63, 3.8) is 0 Å². The minimum absolute atomic E-state index is 0.258. The van der Waals surface area contributed by atoms with Gasteiger partial charge in [0.15, 0.2) is 5.84 Å². The number of piperidine rings is 1. The second kappa shape index (κ2) is 11.6. The lowest BCUT2D eigenvalue weighted by atomic mass is 10.0. The van der Waals surface area contributed by atoms with E-state index in [1.54, 1.807) is 0 Å². The Labute approximate surface area is 221 Å². The van der Waals surface area contributed by atoms with Crippen LogP contribution in [0.3, 0.4) is 0 Å². The summed E-state index contributed by atoms with van der Waals surface area (Å²) < 4.78 is 41.9. The number of rotatable bonds is 4. The summed E-state index contributed by atoms with van der Waals surface area (Å²) in [5.41, 5.74) is 10.7. The van der Waals surface area contributed by atoms with Crippen LogP contribution in [0.2, 0.25) is 0 Å². The molecular formula is C29H32F3N5O. The van der Waals surface area contributed by atoms with Gasteiger partial charge in [0.1, 0.15) is 5.75 Å². The van der Waals surface area contributed by atoms with E-state index in [0.29, 0.717) is 23.2 Å². The smallest absolute Gasteiger partial charge is 0.406 e. The lowest BCUT2D eigenvalue weighted by molar-refractivity contribution is -0.274. The van der Waals surface area contributed by atoms with Gasteiger partial charge in [-0.2, -0.15) is 4.99 Å². The molecule has 0 aromatic heterocycles. The van der Waals surface area contributed by atoms with E-state index in [4.69, 9.17) is 15.7 Å². The average Bonchev–Trinajstić information content (AvgIpc) is 2.84. The van der Waals surface area contributed by atoms with E-state index >= 15 is 0 Å². The fourth-order valence-corrected chi connectivity index (χ4v) is 4.57. The number of benzene rings is 3. The molecule has 6 nitrogen and oxygen atoms in total. The molecule has 1 aliphatic rings. The summed E-state index contributed by atoms with van der Waals surface area (Å²) in [5, 5.41) is 3.45. The highest BCUT2D eigenvalue weighted by atomic mass is 19.4. The van der Waals surface area contributed by atoms with Crippen LogP contribution >= 0.6 is 0 Å². The van der Waals surface area contributed by atoms with Gasteiger partial charge in [0.25, 0.3) is 0 Å². The van der Waals surface area contributed by atoms with Crippen LogP contribution in [0.1, 0.15) is 42.9 Å². The number of alkyl halides is 3. The van der Waals surface area contributed by atoms with Crippen molar-refractivity contribution in [1.29, 1.82) is 0 Å². The van der Waals surface area contributed by atoms with Gasteiger partial charge in [0.2, 0.25) is 5.96 Å². The summed E-state index contributed by atoms with van der Waals surface area (Å²) in [4.78, 5) is 12.1. The third-order valence-corrected chi connectivity index (χ3v) is 6.44. The van der Waals surface area contributed by atoms with Gasteiger partial charge in [-0.05, 0) is 93.6 Å². The maximum absolute atomic E-state index is 12.6. The third kappa shape index (κ3) is 7.06. The third-order valence-electron chi connectivity index (χ3n) is 6.44. The second-order valence-electron chi connectivity index (χ2n) is 9.47. The normalized spacial score (nSPS) is 16.9. The van der Waals surface area contributed by atoms with Crippen LogP contribution in [0.25, 0.3) is 0 Å². The molecule has 3 N–H and O–H groups in total. The molecule has 1 unspecified atom stereocenters. The van der Waals surface area contributed by atoms with Crippen LogP contribution in [0.4, 0.5) is 30.2 Å². The molecule has 0 spiro atoms. The fourth-order valence-electron chi connectivity index (χ4n) is 4.57. The predicted molar refractivity (Wildman–Crippen MR) is 147 cm³/mol. The van der Waals surface area contributed by atoms with E-state index in [2.05, 4.69) is 21.9 Å². The monoisotopic (exact) mass is 523 g/mol. The molecular weight excluding hydrogens is 491 g/mol. The van der Waals surface area contributed by atoms with E-state index in [1.807, 2.05) is 56.3 Å². The van der Waals surface area contributed by atoms with Gasteiger partial charge in [0.05, 0.1) is 5.69 Å². The summed E-state index contributed by atoms with van der Waals surface area (Å²) in [6, 6.07) is 19.1. The first-order valence-corrected chi connectivity index (χ1v) is 12.6. The first kappa shape index (κ1) is 27.0. The van der Waals surface area contributed by atoms with Crippen molar-refractivity contribution < 1.29 is 17.9 Å². The number of likely N-dealkylation sites (tertiary alicyclic amines) is 1. The van der Waals surface area contributed by atoms with Crippen LogP contribution in [-0.4, -0.2) is 35.6 Å². The van der Waals surface area contributed by atoms with Crippen molar-refractivity contribution in [1.82, 2.24) is 4.90 Å². The summed E-state index contributed by atoms with van der Waals surface area (Å²) in [6.45, 7) is 6.98. The molecule has 0 aliphatic carbocycles. The van der Waals surface area contributed by atoms with Gasteiger partial charge in [-0.15, -0.1) is 13.2 Å². The summed E-state index contributed by atoms with van der Waals surface area (Å²) in [5.74, 6) is 0.787. The first-order valence-electron chi connectivity index (χ1n) is 12.6. The molecule has 0 amide bonds. The highest BCUT2D eigenvalue weighted by Crippen LogP contribution is 2.27. The molecule has 3 aromatic rings. The van der Waals surface area contributed by atoms with E-state index in [1.165, 1.54) is 24.3 Å². The molecule has 1 aliphatic heterocycles. The molecule has 4 rings (SSSR count). The van der Waals surface area contributed by atoms with E-state index in [-0.39, 0.29) is 11.8 Å². The Morgan fingerprint density at radius 1 is 1.00 bits per heavy atom. The Hall–Kier alpha value is -4.01. The standard InChI is InChI=1S/C29H32F3N5O/c1-19-8-6-9-20(2)26(19)27(34-23-13-15-25(16-14-23)38-29(30,31)32)36-28(37-17-5-4-10-21(37)3)35-24-12-7-11-22(33)18-24/h6-9,11-16,18,21H,4-5,10,17,33H2,1-3H3,(H,34,35,36). The number of halogens is 3. The number of anilines is 2. The number of hydrogen-bond acceptors (Lipinski definition) is 3. The van der Waals surface area contributed by atoms with Crippen molar-refractivity contribution in [3.8, 4) is 5.75 Å². The van der Waals surface area contributed by atoms with Crippen molar-refractivity contribution in [3.05, 3.63) is 83.4 Å². The number of nitrogen functional groups attached to an aromatic ring is 1. The molecule has 0 radical (unpaired) electrons. The number of ether oxygens (including phenoxy) is 1. The van der Waals surface area contributed by atoms with Gasteiger partial charge in [-0.3, -0.25) is 0 Å². The molecule has 9 heteroatoms. The van der Waals surface area contributed by atoms with Crippen LogP contribution in [0, 0.1) is 13.8 Å². The average molecular weight is 524 g/mol. The highest BCUT2D eigenvalue weighted by molar-refractivity contribution is 6.11. The lowest BCUT2D eigenvalue weighted by Gasteiger charge is -2.36. The Balaban J connectivity index is 1.82. The molecule has 200 valence electrons. The number of amidine groups is 1. The number of nitrogens with two attached hydrogens (primary N) is 1. The summed E-state index contributed by atoms with van der Waals surface area (Å²) >= 11 is 0. The SMILES string of the molecule is Cc1cccc(C)c1C(=Nc1ccc(OC(F)(F)F)cc1)N=C(Nc1cccc(N)c1)N1CCCCC1C. The molecule has 1 atom stereocenters. The number of aliphatic imine (C=N–C) groups is 2. The van der Waals surface area contributed by atoms with Crippen molar-refractivity contribution >= 4 is 28.9 Å².